The lowest BCUT2D eigenvalue weighted by atomic mass is 10.1. The second-order valence-corrected chi connectivity index (χ2v) is 2.88. The Labute approximate surface area is 84.7 Å². The van der Waals surface area contributed by atoms with Crippen molar-refractivity contribution in [1.82, 2.24) is 0 Å². The zero-order chi connectivity index (χ0) is 10.8. The first kappa shape index (κ1) is 9.26. The van der Waals surface area contributed by atoms with Gasteiger partial charge in [0.25, 0.3) is 5.69 Å². The van der Waals surface area contributed by atoms with E-state index in [0.29, 0.717) is 5.76 Å². The number of aromatic hydroxyl groups is 1. The molecule has 0 bridgehead atoms. The van der Waals surface area contributed by atoms with Crippen LogP contribution in [0.1, 0.15) is 0 Å². The smallest absolute Gasteiger partial charge is 0.270 e. The largest absolute Gasteiger partial charge is 0.507 e. The van der Waals surface area contributed by atoms with Crippen LogP contribution in [0, 0.1) is 16.4 Å². The number of nitro benzene ring substituents is 1. The molecule has 1 aromatic heterocycles. The van der Waals surface area contributed by atoms with Crippen LogP contribution in [0.2, 0.25) is 0 Å². The Morgan fingerprint density at radius 1 is 1.40 bits per heavy atom. The summed E-state index contributed by atoms with van der Waals surface area (Å²) in [6, 6.07) is 6.83. The molecule has 2 aromatic rings. The molecule has 2 rings (SSSR count). The highest BCUT2D eigenvalue weighted by molar-refractivity contribution is 5.68. The lowest BCUT2D eigenvalue weighted by molar-refractivity contribution is -0.384. The first-order valence-electron chi connectivity index (χ1n) is 4.12. The van der Waals surface area contributed by atoms with Gasteiger partial charge in [-0.2, -0.15) is 0 Å². The fourth-order valence-electron chi connectivity index (χ4n) is 1.22. The number of phenolic OH excluding ortho intramolecular Hbond substituents is 1. The third-order valence-corrected chi connectivity index (χ3v) is 1.93. The highest BCUT2D eigenvalue weighted by Gasteiger charge is 2.13. The van der Waals surface area contributed by atoms with E-state index in [2.05, 4.69) is 6.26 Å². The molecular formula is C10H6NO4. The number of phenols is 1. The van der Waals surface area contributed by atoms with Crippen molar-refractivity contribution >= 4 is 5.69 Å². The van der Waals surface area contributed by atoms with Crippen molar-refractivity contribution in [2.24, 2.45) is 0 Å². The molecule has 0 aliphatic rings. The van der Waals surface area contributed by atoms with E-state index >= 15 is 0 Å². The van der Waals surface area contributed by atoms with Crippen LogP contribution in [0.5, 0.6) is 5.75 Å². The van der Waals surface area contributed by atoms with Gasteiger partial charge in [-0.25, -0.2) is 0 Å². The van der Waals surface area contributed by atoms with Crippen LogP contribution in [0.4, 0.5) is 5.69 Å². The minimum absolute atomic E-state index is 0.0658. The van der Waals surface area contributed by atoms with Gasteiger partial charge in [0.05, 0.1) is 10.5 Å². The standard InChI is InChI=1S/C10H6NO4/c12-9-4-3-7(11(13)14)6-8(9)10-2-1-5-15-10/h1-4,6,12H. The maximum atomic E-state index is 10.5. The maximum Gasteiger partial charge on any atom is 0.270 e. The predicted molar refractivity (Wildman–Crippen MR) is 51.3 cm³/mol. The van der Waals surface area contributed by atoms with Gasteiger partial charge in [-0.05, 0) is 18.2 Å². The van der Waals surface area contributed by atoms with E-state index in [4.69, 9.17) is 4.42 Å². The summed E-state index contributed by atoms with van der Waals surface area (Å²) in [7, 11) is 0. The van der Waals surface area contributed by atoms with Gasteiger partial charge in [0.15, 0.2) is 6.26 Å². The van der Waals surface area contributed by atoms with Gasteiger partial charge < -0.3 is 9.52 Å². The topological polar surface area (TPSA) is 76.5 Å². The third kappa shape index (κ3) is 1.67. The molecule has 5 nitrogen and oxygen atoms in total. The molecule has 0 saturated carbocycles. The Morgan fingerprint density at radius 3 is 2.80 bits per heavy atom. The van der Waals surface area contributed by atoms with E-state index in [1.165, 1.54) is 24.3 Å². The number of non-ortho nitro benzene ring substituents is 1. The van der Waals surface area contributed by atoms with Crippen molar-refractivity contribution in [2.75, 3.05) is 0 Å². The summed E-state index contributed by atoms with van der Waals surface area (Å²) in [5.41, 5.74) is 0.185. The molecule has 1 N–H and O–H groups in total. The summed E-state index contributed by atoms with van der Waals surface area (Å²) in [6.45, 7) is 0. The lowest BCUT2D eigenvalue weighted by Crippen LogP contribution is -1.88. The normalized spacial score (nSPS) is 10.1. The average molecular weight is 204 g/mol. The van der Waals surface area contributed by atoms with Gasteiger partial charge in [-0.15, -0.1) is 0 Å². The molecule has 0 atom stereocenters. The molecule has 1 radical (unpaired) electrons. The number of nitrogens with zero attached hydrogens (tertiary/aromatic N) is 1. The monoisotopic (exact) mass is 204 g/mol. The van der Waals surface area contributed by atoms with Gasteiger partial charge in [0.2, 0.25) is 0 Å². The van der Waals surface area contributed by atoms with Crippen LogP contribution in [0.15, 0.2) is 34.7 Å². The van der Waals surface area contributed by atoms with E-state index < -0.39 is 4.92 Å². The van der Waals surface area contributed by atoms with Crippen molar-refractivity contribution < 1.29 is 14.4 Å². The van der Waals surface area contributed by atoms with E-state index in [0.717, 1.165) is 0 Å². The Bertz CT molecular complexity index is 490. The molecule has 0 fully saturated rings. The summed E-state index contributed by atoms with van der Waals surface area (Å²) >= 11 is 0. The van der Waals surface area contributed by atoms with Crippen LogP contribution in [0.25, 0.3) is 11.3 Å². The second-order valence-electron chi connectivity index (χ2n) is 2.88. The lowest BCUT2D eigenvalue weighted by Gasteiger charge is -2.00. The van der Waals surface area contributed by atoms with Gasteiger partial charge in [0.1, 0.15) is 11.5 Å². The fourth-order valence-corrected chi connectivity index (χ4v) is 1.22. The van der Waals surface area contributed by atoms with E-state index in [1.807, 2.05) is 0 Å². The number of hydrogen-bond acceptors (Lipinski definition) is 4. The summed E-state index contributed by atoms with van der Waals surface area (Å²) in [5, 5.41) is 20.0. The van der Waals surface area contributed by atoms with Crippen LogP contribution in [-0.4, -0.2) is 10.0 Å². The van der Waals surface area contributed by atoms with Gasteiger partial charge in [0, 0.05) is 12.1 Å². The third-order valence-electron chi connectivity index (χ3n) is 1.93. The van der Waals surface area contributed by atoms with E-state index in [1.54, 1.807) is 6.07 Å². The molecule has 15 heavy (non-hydrogen) atoms. The summed E-state index contributed by atoms with van der Waals surface area (Å²) in [6.07, 6.45) is 2.45. The predicted octanol–water partition coefficient (Wildman–Crippen LogP) is 2.36. The van der Waals surface area contributed by atoms with Gasteiger partial charge >= 0.3 is 0 Å². The number of rotatable bonds is 2. The average Bonchev–Trinajstić information content (AvgIpc) is 2.71. The first-order chi connectivity index (χ1) is 7.18. The molecule has 1 heterocycles. The minimum Gasteiger partial charge on any atom is -0.507 e. The minimum atomic E-state index is -0.532. The van der Waals surface area contributed by atoms with Crippen molar-refractivity contribution in [2.45, 2.75) is 0 Å². The van der Waals surface area contributed by atoms with Crippen LogP contribution < -0.4 is 0 Å². The van der Waals surface area contributed by atoms with Crippen LogP contribution >= 0.6 is 0 Å². The fraction of sp³-hybridized carbons (Fsp3) is 0. The van der Waals surface area contributed by atoms with Gasteiger partial charge in [-0.3, -0.25) is 10.1 Å². The van der Waals surface area contributed by atoms with Crippen molar-refractivity contribution in [3.63, 3.8) is 0 Å². The Morgan fingerprint density at radius 2 is 2.20 bits per heavy atom. The summed E-state index contributed by atoms with van der Waals surface area (Å²) in [5.74, 6) is 0.278. The zero-order valence-electron chi connectivity index (χ0n) is 7.51. The van der Waals surface area contributed by atoms with Crippen molar-refractivity contribution in [3.05, 3.63) is 46.7 Å². The summed E-state index contributed by atoms with van der Waals surface area (Å²) in [4.78, 5) is 9.99. The maximum absolute atomic E-state index is 10.5. The SMILES string of the molecule is O=[N+]([O-])c1ccc(O)c(-c2cc[c]o2)c1. The molecule has 0 aliphatic carbocycles. The Hall–Kier alpha value is -2.30. The molecule has 0 aliphatic heterocycles. The Kier molecular flexibility index (Phi) is 2.13. The highest BCUT2D eigenvalue weighted by atomic mass is 16.6. The van der Waals surface area contributed by atoms with Crippen LogP contribution in [-0.2, 0) is 0 Å². The van der Waals surface area contributed by atoms with Crippen molar-refractivity contribution in [3.8, 4) is 17.1 Å². The van der Waals surface area contributed by atoms with Crippen molar-refractivity contribution in [1.29, 1.82) is 0 Å². The van der Waals surface area contributed by atoms with Gasteiger partial charge in [-0.1, -0.05) is 0 Å². The molecule has 5 heteroatoms. The highest BCUT2D eigenvalue weighted by Crippen LogP contribution is 2.32. The number of nitro groups is 1. The molecule has 0 amide bonds. The molecule has 75 valence electrons. The molecule has 0 saturated heterocycles. The number of hydrogen-bond donors (Lipinski definition) is 1. The Balaban J connectivity index is 2.55. The zero-order valence-corrected chi connectivity index (χ0v) is 7.51. The molecule has 0 unspecified atom stereocenters. The number of benzene rings is 1. The molecule has 0 spiro atoms. The first-order valence-corrected chi connectivity index (χ1v) is 4.12. The van der Waals surface area contributed by atoms with E-state index in [-0.39, 0.29) is 17.0 Å². The number of furan rings is 1. The second kappa shape index (κ2) is 3.45. The van der Waals surface area contributed by atoms with Crippen LogP contribution in [0.3, 0.4) is 0 Å². The molecular weight excluding hydrogens is 198 g/mol. The molecule has 1 aromatic carbocycles. The van der Waals surface area contributed by atoms with E-state index in [9.17, 15) is 15.2 Å². The summed E-state index contributed by atoms with van der Waals surface area (Å²) < 4.78 is 4.93. The quantitative estimate of drug-likeness (QED) is 0.601.